The molecule has 1 unspecified atom stereocenters. The summed E-state index contributed by atoms with van der Waals surface area (Å²) < 4.78 is 38.9. The smallest absolute Gasteiger partial charge is 0.400 e. The van der Waals surface area contributed by atoms with Crippen molar-refractivity contribution in [2.75, 3.05) is 6.54 Å². The minimum absolute atomic E-state index is 0.0894. The third kappa shape index (κ3) is 4.68. The number of nitrogens with zero attached hydrogens (tertiary/aromatic N) is 2. The van der Waals surface area contributed by atoms with E-state index in [4.69, 9.17) is 10.9 Å². The van der Waals surface area contributed by atoms with Gasteiger partial charge in [-0.1, -0.05) is 11.2 Å². The molecule has 1 atom stereocenters. The van der Waals surface area contributed by atoms with Gasteiger partial charge in [-0.15, -0.1) is 11.3 Å². The number of hydrogen-bond acceptors (Lipinski definition) is 4. The van der Waals surface area contributed by atoms with Crippen molar-refractivity contribution in [3.8, 4) is 0 Å². The molecule has 0 aliphatic carbocycles. The Labute approximate surface area is 119 Å². The van der Waals surface area contributed by atoms with Crippen LogP contribution < -0.4 is 5.73 Å². The highest BCUT2D eigenvalue weighted by Gasteiger charge is 2.44. The highest BCUT2D eigenvalue weighted by atomic mass is 32.1. The number of halogens is 3. The van der Waals surface area contributed by atoms with E-state index in [1.165, 1.54) is 11.3 Å². The van der Waals surface area contributed by atoms with Gasteiger partial charge in [0.15, 0.2) is 5.84 Å². The molecule has 1 aromatic heterocycles. The monoisotopic (exact) mass is 309 g/mol. The van der Waals surface area contributed by atoms with Gasteiger partial charge >= 0.3 is 6.18 Å². The Morgan fingerprint density at radius 3 is 2.55 bits per heavy atom. The number of thiophene rings is 1. The zero-order valence-electron chi connectivity index (χ0n) is 11.3. The molecular formula is C12H18F3N3OS. The molecule has 20 heavy (non-hydrogen) atoms. The van der Waals surface area contributed by atoms with Crippen molar-refractivity contribution in [2.24, 2.45) is 16.8 Å². The maximum Gasteiger partial charge on any atom is 0.400 e. The summed E-state index contributed by atoms with van der Waals surface area (Å²) in [6, 6.07) is 3.63. The van der Waals surface area contributed by atoms with Gasteiger partial charge in [0.2, 0.25) is 0 Å². The molecule has 0 aliphatic rings. The number of alkyl halides is 3. The molecule has 3 N–H and O–H groups in total. The van der Waals surface area contributed by atoms with Gasteiger partial charge in [0.25, 0.3) is 0 Å². The average molecular weight is 309 g/mol. The van der Waals surface area contributed by atoms with Crippen LogP contribution >= 0.6 is 11.3 Å². The van der Waals surface area contributed by atoms with E-state index in [1.807, 2.05) is 31.4 Å². The summed E-state index contributed by atoms with van der Waals surface area (Å²) in [5.74, 6) is -2.79. The quantitative estimate of drug-likeness (QED) is 0.368. The lowest BCUT2D eigenvalue weighted by Crippen LogP contribution is -2.46. The summed E-state index contributed by atoms with van der Waals surface area (Å²) in [4.78, 5) is 2.63. The van der Waals surface area contributed by atoms with Crippen LogP contribution in [0.3, 0.4) is 0 Å². The van der Waals surface area contributed by atoms with Gasteiger partial charge in [-0.3, -0.25) is 4.90 Å². The van der Waals surface area contributed by atoms with Crippen LogP contribution in [0.25, 0.3) is 0 Å². The van der Waals surface area contributed by atoms with Crippen molar-refractivity contribution in [2.45, 2.75) is 32.6 Å². The van der Waals surface area contributed by atoms with Crippen molar-refractivity contribution in [3.63, 3.8) is 0 Å². The fourth-order valence-corrected chi connectivity index (χ4v) is 2.46. The molecule has 1 rings (SSSR count). The fourth-order valence-electron chi connectivity index (χ4n) is 1.73. The second-order valence-corrected chi connectivity index (χ2v) is 5.75. The van der Waals surface area contributed by atoms with Crippen LogP contribution in [-0.4, -0.2) is 34.7 Å². The molecule has 4 nitrogen and oxygen atoms in total. The standard InChI is InChI=1S/C12H18F3N3OS/c1-8(2)18(6-9-4-3-5-20-9)7-10(11(16)17-19)12(13,14)15/h3-5,8,10,19H,6-7H2,1-2H3,(H2,16,17). The van der Waals surface area contributed by atoms with Gasteiger partial charge in [-0.25, -0.2) is 0 Å². The largest absolute Gasteiger partial charge is 0.409 e. The highest BCUT2D eigenvalue weighted by Crippen LogP contribution is 2.28. The van der Waals surface area contributed by atoms with Crippen LogP contribution in [-0.2, 0) is 6.54 Å². The first-order valence-corrected chi connectivity index (χ1v) is 6.94. The topological polar surface area (TPSA) is 61.8 Å². The second-order valence-electron chi connectivity index (χ2n) is 4.72. The normalized spacial score (nSPS) is 15.1. The molecule has 114 valence electrons. The fraction of sp³-hybridized carbons (Fsp3) is 0.583. The Morgan fingerprint density at radius 2 is 2.15 bits per heavy atom. The highest BCUT2D eigenvalue weighted by molar-refractivity contribution is 7.09. The Morgan fingerprint density at radius 1 is 1.50 bits per heavy atom. The molecule has 0 fully saturated rings. The van der Waals surface area contributed by atoms with Crippen molar-refractivity contribution in [1.29, 1.82) is 0 Å². The van der Waals surface area contributed by atoms with Crippen LogP contribution in [0.5, 0.6) is 0 Å². The first kappa shape index (κ1) is 16.8. The van der Waals surface area contributed by atoms with E-state index in [9.17, 15) is 13.2 Å². The summed E-state index contributed by atoms with van der Waals surface area (Å²) in [7, 11) is 0. The van der Waals surface area contributed by atoms with Crippen LogP contribution in [0.15, 0.2) is 22.7 Å². The predicted octanol–water partition coefficient (Wildman–Crippen LogP) is 2.88. The number of hydrogen-bond donors (Lipinski definition) is 2. The van der Waals surface area contributed by atoms with Gasteiger partial charge < -0.3 is 10.9 Å². The van der Waals surface area contributed by atoms with Crippen LogP contribution in [0.2, 0.25) is 0 Å². The van der Waals surface area contributed by atoms with E-state index < -0.39 is 17.9 Å². The molecule has 0 aliphatic heterocycles. The van der Waals surface area contributed by atoms with E-state index >= 15 is 0 Å². The van der Waals surface area contributed by atoms with E-state index in [0.717, 1.165) is 4.88 Å². The molecule has 0 radical (unpaired) electrons. The van der Waals surface area contributed by atoms with Crippen LogP contribution in [0.4, 0.5) is 13.2 Å². The van der Waals surface area contributed by atoms with E-state index in [1.54, 1.807) is 4.90 Å². The molecule has 0 spiro atoms. The zero-order chi connectivity index (χ0) is 15.3. The Bertz CT molecular complexity index is 432. The SMILES string of the molecule is CC(C)N(Cc1cccs1)CC(/C(N)=N/O)C(F)(F)F. The van der Waals surface area contributed by atoms with Crippen LogP contribution in [0.1, 0.15) is 18.7 Å². The Hall–Kier alpha value is -1.28. The van der Waals surface area contributed by atoms with E-state index in [2.05, 4.69) is 5.16 Å². The van der Waals surface area contributed by atoms with Gasteiger partial charge in [0.05, 0.1) is 0 Å². The number of nitrogens with two attached hydrogens (primary N) is 1. The maximum absolute atomic E-state index is 13.0. The lowest BCUT2D eigenvalue weighted by atomic mass is 10.1. The molecule has 0 saturated heterocycles. The van der Waals surface area contributed by atoms with Crippen molar-refractivity contribution in [3.05, 3.63) is 22.4 Å². The lowest BCUT2D eigenvalue weighted by molar-refractivity contribution is -0.161. The summed E-state index contributed by atoms with van der Waals surface area (Å²) >= 11 is 1.48. The summed E-state index contributed by atoms with van der Waals surface area (Å²) in [6.07, 6.45) is -4.54. The molecule has 1 aromatic rings. The number of rotatable bonds is 6. The van der Waals surface area contributed by atoms with Crippen molar-refractivity contribution in [1.82, 2.24) is 4.90 Å². The molecule has 8 heteroatoms. The molecule has 0 aromatic carbocycles. The minimum Gasteiger partial charge on any atom is -0.409 e. The number of amidine groups is 1. The Kier molecular flexibility index (Phi) is 5.82. The molecule has 0 amide bonds. The average Bonchev–Trinajstić information content (AvgIpc) is 2.84. The van der Waals surface area contributed by atoms with Gasteiger partial charge in [-0.2, -0.15) is 13.2 Å². The summed E-state index contributed by atoms with van der Waals surface area (Å²) in [5, 5.41) is 12.9. The van der Waals surface area contributed by atoms with Gasteiger partial charge in [0, 0.05) is 24.0 Å². The first-order valence-electron chi connectivity index (χ1n) is 6.06. The minimum atomic E-state index is -4.54. The van der Waals surface area contributed by atoms with E-state index in [-0.39, 0.29) is 12.6 Å². The summed E-state index contributed by atoms with van der Waals surface area (Å²) in [6.45, 7) is 3.69. The predicted molar refractivity (Wildman–Crippen MR) is 72.8 cm³/mol. The second kappa shape index (κ2) is 6.94. The molecule has 1 heterocycles. The maximum atomic E-state index is 13.0. The van der Waals surface area contributed by atoms with Crippen molar-refractivity contribution < 1.29 is 18.4 Å². The van der Waals surface area contributed by atoms with Crippen molar-refractivity contribution >= 4 is 17.2 Å². The molecule has 0 saturated carbocycles. The van der Waals surface area contributed by atoms with E-state index in [0.29, 0.717) is 6.54 Å². The third-order valence-corrected chi connectivity index (χ3v) is 3.82. The molecule has 0 bridgehead atoms. The van der Waals surface area contributed by atoms with Gasteiger partial charge in [-0.05, 0) is 25.3 Å². The lowest BCUT2D eigenvalue weighted by Gasteiger charge is -2.30. The first-order chi connectivity index (χ1) is 9.25. The third-order valence-electron chi connectivity index (χ3n) is 2.95. The number of oxime groups is 1. The van der Waals surface area contributed by atoms with Gasteiger partial charge in [0.1, 0.15) is 5.92 Å². The summed E-state index contributed by atoms with van der Waals surface area (Å²) in [5.41, 5.74) is 5.18. The zero-order valence-corrected chi connectivity index (χ0v) is 12.1. The Balaban J connectivity index is 2.86. The van der Waals surface area contributed by atoms with Crippen LogP contribution in [0, 0.1) is 5.92 Å². The molecular weight excluding hydrogens is 291 g/mol.